The number of rotatable bonds is 1. The molecule has 0 saturated carbocycles. The largest absolute Gasteiger partial charge is 0.364 e. The fraction of sp³-hybridized carbons (Fsp3) is 0.135. The minimum Gasteiger partial charge on any atom is -0.364 e. The van der Waals surface area contributed by atoms with Crippen molar-refractivity contribution in [1.29, 1.82) is 0 Å². The van der Waals surface area contributed by atoms with E-state index >= 15 is 0 Å². The summed E-state index contributed by atoms with van der Waals surface area (Å²) >= 11 is 0. The summed E-state index contributed by atoms with van der Waals surface area (Å²) in [4.78, 5) is 0. The maximum absolute atomic E-state index is 3.95. The molecule has 3 unspecified atom stereocenters. The van der Waals surface area contributed by atoms with Gasteiger partial charge in [0.2, 0.25) is 0 Å². The molecule has 4 heterocycles. The molecule has 0 radical (unpaired) electrons. The van der Waals surface area contributed by atoms with E-state index in [0.717, 1.165) is 6.42 Å². The molecular weight excluding hydrogens is 486 g/mol. The van der Waals surface area contributed by atoms with Gasteiger partial charge in [-0.1, -0.05) is 85.8 Å². The standard InChI is InChI=1S/C37H27N3/c1-21-14-16-26-30(18-21)38-37-35(26)29-20-23(19-28-25-10-4-6-12-31(25)40(37)36(28)29)39-32-13-7-5-11-27(32)34-24-9-3-2-8-22(24)15-17-33(34)39/h2-13,15-21,35,37-38H,14H2,1H3. The number of nitrogens with zero attached hydrogens (tertiary/aromatic N) is 2. The lowest BCUT2D eigenvalue weighted by atomic mass is 9.86. The van der Waals surface area contributed by atoms with E-state index in [1.807, 2.05) is 0 Å². The lowest BCUT2D eigenvalue weighted by molar-refractivity contribution is 0.495. The Balaban J connectivity index is 1.34. The molecule has 3 nitrogen and oxygen atoms in total. The molecule has 3 aliphatic rings. The molecule has 2 aliphatic heterocycles. The van der Waals surface area contributed by atoms with E-state index in [9.17, 15) is 0 Å². The number of para-hydroxylation sites is 2. The minimum atomic E-state index is 0.220. The van der Waals surface area contributed by atoms with Crippen molar-refractivity contribution in [2.75, 3.05) is 0 Å². The van der Waals surface area contributed by atoms with Crippen molar-refractivity contribution in [2.45, 2.75) is 25.4 Å². The second-order valence-electron chi connectivity index (χ2n) is 11.9. The van der Waals surface area contributed by atoms with Crippen molar-refractivity contribution < 1.29 is 0 Å². The molecule has 5 aromatic carbocycles. The number of hydrogen-bond acceptors (Lipinski definition) is 1. The van der Waals surface area contributed by atoms with Gasteiger partial charge in [0, 0.05) is 32.9 Å². The van der Waals surface area contributed by atoms with Gasteiger partial charge in [0.05, 0.1) is 28.0 Å². The number of nitrogens with one attached hydrogen (secondary N) is 1. The van der Waals surface area contributed by atoms with Gasteiger partial charge in [0.25, 0.3) is 0 Å². The first-order chi connectivity index (χ1) is 19.8. The van der Waals surface area contributed by atoms with E-state index in [1.54, 1.807) is 0 Å². The van der Waals surface area contributed by atoms with Crippen LogP contribution in [0.5, 0.6) is 0 Å². The van der Waals surface area contributed by atoms with Crippen LogP contribution < -0.4 is 5.32 Å². The van der Waals surface area contributed by atoms with Crippen molar-refractivity contribution in [3.05, 3.63) is 126 Å². The van der Waals surface area contributed by atoms with E-state index in [1.165, 1.54) is 76.9 Å². The number of hydrogen-bond donors (Lipinski definition) is 1. The molecule has 1 N–H and O–H groups in total. The van der Waals surface area contributed by atoms with Gasteiger partial charge in [-0.05, 0) is 64.6 Å². The maximum atomic E-state index is 3.95. The van der Waals surface area contributed by atoms with Crippen molar-refractivity contribution in [1.82, 2.24) is 14.5 Å². The van der Waals surface area contributed by atoms with Gasteiger partial charge < -0.3 is 14.5 Å². The normalized spacial score (nSPS) is 21.3. The third kappa shape index (κ3) is 2.47. The van der Waals surface area contributed by atoms with Crippen molar-refractivity contribution >= 4 is 54.4 Å². The topological polar surface area (TPSA) is 21.9 Å². The Bertz CT molecular complexity index is 2310. The molecular formula is C37H27N3. The third-order valence-electron chi connectivity index (χ3n) is 9.68. The molecule has 10 rings (SSSR count). The Kier molecular flexibility index (Phi) is 3.83. The number of aromatic nitrogens is 2. The van der Waals surface area contributed by atoms with E-state index in [2.05, 4.69) is 131 Å². The predicted molar refractivity (Wildman–Crippen MR) is 166 cm³/mol. The van der Waals surface area contributed by atoms with Crippen LogP contribution in [0.4, 0.5) is 0 Å². The maximum Gasteiger partial charge on any atom is 0.115 e. The van der Waals surface area contributed by atoms with E-state index in [0.29, 0.717) is 11.8 Å². The summed E-state index contributed by atoms with van der Waals surface area (Å²) in [5, 5.41) is 11.9. The van der Waals surface area contributed by atoms with Crippen molar-refractivity contribution in [3.63, 3.8) is 0 Å². The summed E-state index contributed by atoms with van der Waals surface area (Å²) in [5.41, 5.74) is 10.7. The molecule has 0 amide bonds. The van der Waals surface area contributed by atoms with Gasteiger partial charge >= 0.3 is 0 Å². The predicted octanol–water partition coefficient (Wildman–Crippen LogP) is 9.09. The molecule has 0 spiro atoms. The molecule has 0 bridgehead atoms. The molecule has 3 atom stereocenters. The first-order valence-electron chi connectivity index (χ1n) is 14.4. The van der Waals surface area contributed by atoms with Gasteiger partial charge in [-0.2, -0.15) is 0 Å². The molecule has 1 aliphatic carbocycles. The van der Waals surface area contributed by atoms with Crippen LogP contribution in [0.1, 0.15) is 31.0 Å². The SMILES string of the molecule is CC1C=C2NC3C(C2=CC1)c1cc(-n2c4ccccc4c4c5ccccc5ccc42)cc2c4ccccc4n3c12. The van der Waals surface area contributed by atoms with Crippen LogP contribution in [0.2, 0.25) is 0 Å². The first kappa shape index (κ1) is 21.1. The zero-order chi connectivity index (χ0) is 26.1. The quantitative estimate of drug-likeness (QED) is 0.232. The Morgan fingerprint density at radius 2 is 1.50 bits per heavy atom. The lowest BCUT2D eigenvalue weighted by Gasteiger charge is -2.18. The highest BCUT2D eigenvalue weighted by molar-refractivity contribution is 6.21. The average molecular weight is 514 g/mol. The Morgan fingerprint density at radius 3 is 2.40 bits per heavy atom. The molecule has 7 aromatic rings. The van der Waals surface area contributed by atoms with Crippen molar-refractivity contribution in [2.24, 2.45) is 5.92 Å². The molecule has 2 aromatic heterocycles. The summed E-state index contributed by atoms with van der Waals surface area (Å²) in [6, 6.07) is 36.2. The molecule has 40 heavy (non-hydrogen) atoms. The van der Waals surface area contributed by atoms with Crippen LogP contribution in [0, 0.1) is 5.92 Å². The van der Waals surface area contributed by atoms with Crippen LogP contribution in [-0.2, 0) is 0 Å². The number of allylic oxidation sites excluding steroid dienone is 3. The summed E-state index contributed by atoms with van der Waals surface area (Å²) in [6.45, 7) is 2.32. The van der Waals surface area contributed by atoms with Gasteiger partial charge in [-0.25, -0.2) is 0 Å². The molecule has 3 heteroatoms. The lowest BCUT2D eigenvalue weighted by Crippen LogP contribution is -2.19. The minimum absolute atomic E-state index is 0.220. The van der Waals surface area contributed by atoms with Crippen LogP contribution in [0.25, 0.3) is 60.1 Å². The summed E-state index contributed by atoms with van der Waals surface area (Å²) in [7, 11) is 0. The highest BCUT2D eigenvalue weighted by Crippen LogP contribution is 2.55. The molecule has 1 saturated heterocycles. The first-order valence-corrected chi connectivity index (χ1v) is 14.4. The van der Waals surface area contributed by atoms with Crippen LogP contribution in [-0.4, -0.2) is 9.13 Å². The highest BCUT2D eigenvalue weighted by Gasteiger charge is 2.45. The molecule has 1 fully saturated rings. The van der Waals surface area contributed by atoms with E-state index in [-0.39, 0.29) is 6.17 Å². The van der Waals surface area contributed by atoms with Gasteiger partial charge in [-0.15, -0.1) is 0 Å². The summed E-state index contributed by atoms with van der Waals surface area (Å²) in [5.74, 6) is 0.902. The van der Waals surface area contributed by atoms with Crippen molar-refractivity contribution in [3.8, 4) is 5.69 Å². The Labute approximate surface area is 231 Å². The van der Waals surface area contributed by atoms with Crippen LogP contribution >= 0.6 is 0 Å². The zero-order valence-corrected chi connectivity index (χ0v) is 22.2. The fourth-order valence-electron chi connectivity index (χ4n) is 8.08. The number of fused-ring (bicyclic) bond motifs is 13. The Hall–Kier alpha value is -4.76. The van der Waals surface area contributed by atoms with Crippen LogP contribution in [0.3, 0.4) is 0 Å². The Morgan fingerprint density at radius 1 is 0.725 bits per heavy atom. The summed E-state index contributed by atoms with van der Waals surface area (Å²) in [6.07, 6.45) is 6.27. The van der Waals surface area contributed by atoms with E-state index < -0.39 is 0 Å². The van der Waals surface area contributed by atoms with E-state index in [4.69, 9.17) is 0 Å². The average Bonchev–Trinajstić information content (AvgIpc) is 3.71. The number of benzene rings is 5. The second-order valence-corrected chi connectivity index (χ2v) is 11.9. The van der Waals surface area contributed by atoms with Gasteiger partial charge in [0.1, 0.15) is 6.17 Å². The smallest absolute Gasteiger partial charge is 0.115 e. The summed E-state index contributed by atoms with van der Waals surface area (Å²) < 4.78 is 5.08. The highest BCUT2D eigenvalue weighted by atomic mass is 15.2. The zero-order valence-electron chi connectivity index (χ0n) is 22.2. The second kappa shape index (κ2) is 7.25. The van der Waals surface area contributed by atoms with Crippen LogP contribution in [0.15, 0.2) is 120 Å². The third-order valence-corrected chi connectivity index (χ3v) is 9.68. The monoisotopic (exact) mass is 513 g/mol. The van der Waals surface area contributed by atoms with Gasteiger partial charge in [0.15, 0.2) is 0 Å². The molecule has 190 valence electrons. The fourth-order valence-corrected chi connectivity index (χ4v) is 8.08. The van der Waals surface area contributed by atoms with Gasteiger partial charge in [-0.3, -0.25) is 0 Å².